The van der Waals surface area contributed by atoms with E-state index in [0.717, 1.165) is 18.9 Å². The van der Waals surface area contributed by atoms with Crippen molar-refractivity contribution >= 4 is 18.2 Å². The molecule has 2 aliphatic heterocycles. The second kappa shape index (κ2) is 6.26. The molecule has 0 bridgehead atoms. The number of rotatable bonds is 3. The Morgan fingerprint density at radius 2 is 1.95 bits per heavy atom. The minimum Gasteiger partial charge on any atom is -0.458 e. The highest BCUT2D eigenvalue weighted by molar-refractivity contribution is 5.69. The Bertz CT molecular complexity index is 462. The van der Waals surface area contributed by atoms with Crippen molar-refractivity contribution in [3.63, 3.8) is 0 Å². The van der Waals surface area contributed by atoms with Crippen LogP contribution in [0.4, 0.5) is 0 Å². The third-order valence-electron chi connectivity index (χ3n) is 3.36. The van der Waals surface area contributed by atoms with Gasteiger partial charge in [-0.2, -0.15) is 0 Å². The lowest BCUT2D eigenvalue weighted by atomic mass is 9.98. The van der Waals surface area contributed by atoms with Crippen molar-refractivity contribution < 1.29 is 33.3 Å². The van der Waals surface area contributed by atoms with E-state index in [1.165, 1.54) is 13.8 Å². The molecule has 0 unspecified atom stereocenters. The molecule has 0 aromatic heterocycles. The second-order valence-corrected chi connectivity index (χ2v) is 4.98. The van der Waals surface area contributed by atoms with Gasteiger partial charge in [-0.3, -0.25) is 14.4 Å². The van der Waals surface area contributed by atoms with E-state index in [1.54, 1.807) is 0 Å². The maximum absolute atomic E-state index is 11.4. The van der Waals surface area contributed by atoms with Crippen molar-refractivity contribution in [2.45, 2.75) is 51.1 Å². The van der Waals surface area contributed by atoms with Crippen molar-refractivity contribution in [2.75, 3.05) is 6.61 Å². The summed E-state index contributed by atoms with van der Waals surface area (Å²) in [6.07, 6.45) is 1.94. The largest absolute Gasteiger partial charge is 0.458 e. The minimum absolute atomic E-state index is 0.133. The van der Waals surface area contributed by atoms with E-state index >= 15 is 0 Å². The second-order valence-electron chi connectivity index (χ2n) is 4.98. The Morgan fingerprint density at radius 3 is 2.48 bits per heavy atom. The van der Waals surface area contributed by atoms with Crippen LogP contribution in [0.2, 0.25) is 0 Å². The predicted molar refractivity (Wildman–Crippen MR) is 68.9 cm³/mol. The number of aldehydes is 1. The molecule has 0 aliphatic carbocycles. The Kier molecular flexibility index (Phi) is 4.62. The topological polar surface area (TPSA) is 88.1 Å². The molecular formula is C14H18O7. The van der Waals surface area contributed by atoms with Crippen molar-refractivity contribution in [1.82, 2.24) is 0 Å². The van der Waals surface area contributed by atoms with Gasteiger partial charge < -0.3 is 18.9 Å². The van der Waals surface area contributed by atoms with Crippen LogP contribution in [-0.2, 0) is 33.3 Å². The zero-order chi connectivity index (χ0) is 15.5. The fraction of sp³-hybridized carbons (Fsp3) is 0.643. The summed E-state index contributed by atoms with van der Waals surface area (Å²) in [5.74, 6) is -2.17. The molecule has 2 aliphatic rings. The lowest BCUT2D eigenvalue weighted by Gasteiger charge is -2.36. The molecule has 116 valence electrons. The first-order valence-corrected chi connectivity index (χ1v) is 6.81. The zero-order valence-electron chi connectivity index (χ0n) is 12.0. The van der Waals surface area contributed by atoms with Crippen LogP contribution in [0.25, 0.3) is 0 Å². The van der Waals surface area contributed by atoms with Gasteiger partial charge in [-0.1, -0.05) is 0 Å². The van der Waals surface area contributed by atoms with Gasteiger partial charge >= 0.3 is 11.9 Å². The molecule has 7 nitrogen and oxygen atoms in total. The van der Waals surface area contributed by atoms with E-state index in [-0.39, 0.29) is 5.76 Å². The summed E-state index contributed by atoms with van der Waals surface area (Å²) < 4.78 is 21.8. The van der Waals surface area contributed by atoms with Gasteiger partial charge in [0, 0.05) is 26.3 Å². The van der Waals surface area contributed by atoms with Crippen molar-refractivity contribution in [3.8, 4) is 0 Å². The number of hydrogen-bond acceptors (Lipinski definition) is 7. The average Bonchev–Trinajstić information content (AvgIpc) is 2.65. The molecule has 0 N–H and O–H groups in total. The van der Waals surface area contributed by atoms with E-state index in [1.807, 2.05) is 0 Å². The fourth-order valence-electron chi connectivity index (χ4n) is 2.62. The first-order chi connectivity index (χ1) is 9.98. The molecule has 3 atom stereocenters. The van der Waals surface area contributed by atoms with Gasteiger partial charge in [-0.25, -0.2) is 0 Å². The summed E-state index contributed by atoms with van der Waals surface area (Å²) in [5.41, 5.74) is 0. The maximum atomic E-state index is 11.4. The van der Waals surface area contributed by atoms with E-state index in [2.05, 4.69) is 0 Å². The molecule has 0 amide bonds. The summed E-state index contributed by atoms with van der Waals surface area (Å²) in [4.78, 5) is 33.4. The number of carbonyl (C=O) groups excluding carboxylic acids is 3. The number of ether oxygens (including phenoxy) is 4. The third-order valence-corrected chi connectivity index (χ3v) is 3.36. The molecule has 2 fully saturated rings. The van der Waals surface area contributed by atoms with Crippen LogP contribution >= 0.6 is 0 Å². The molecule has 0 saturated carbocycles. The van der Waals surface area contributed by atoms with Crippen LogP contribution in [0.15, 0.2) is 11.8 Å². The molecule has 7 heteroatoms. The van der Waals surface area contributed by atoms with Crippen LogP contribution in [-0.4, -0.2) is 42.8 Å². The first kappa shape index (κ1) is 15.5. The van der Waals surface area contributed by atoms with Crippen molar-refractivity contribution in [2.24, 2.45) is 0 Å². The normalized spacial score (nSPS) is 33.5. The molecule has 0 radical (unpaired) electrons. The number of hydrogen-bond donors (Lipinski definition) is 0. The molecular weight excluding hydrogens is 280 g/mol. The van der Waals surface area contributed by atoms with Crippen LogP contribution in [0, 0.1) is 0 Å². The molecule has 2 saturated heterocycles. The lowest BCUT2D eigenvalue weighted by molar-refractivity contribution is -0.263. The van der Waals surface area contributed by atoms with E-state index in [9.17, 15) is 14.4 Å². The highest BCUT2D eigenvalue weighted by Crippen LogP contribution is 2.43. The van der Waals surface area contributed by atoms with Crippen LogP contribution in [0.1, 0.15) is 33.1 Å². The monoisotopic (exact) mass is 298 g/mol. The van der Waals surface area contributed by atoms with Gasteiger partial charge in [0.25, 0.3) is 5.79 Å². The Morgan fingerprint density at radius 1 is 1.24 bits per heavy atom. The van der Waals surface area contributed by atoms with E-state index in [4.69, 9.17) is 18.9 Å². The molecule has 21 heavy (non-hydrogen) atoms. The standard InChI is InChI=1S/C14H18O7/c1-9(16)19-12-11(5-7-15)21-14(6-3-4-8-18-14)13(12)20-10(2)17/h5,7,12-13H,3-4,6,8H2,1-2H3/b11-5+/t12-,13+,14-/m0/s1. The maximum Gasteiger partial charge on any atom is 0.303 e. The summed E-state index contributed by atoms with van der Waals surface area (Å²) >= 11 is 0. The zero-order valence-corrected chi connectivity index (χ0v) is 12.0. The van der Waals surface area contributed by atoms with Crippen LogP contribution in [0.5, 0.6) is 0 Å². The van der Waals surface area contributed by atoms with Gasteiger partial charge in [0.2, 0.25) is 12.2 Å². The minimum atomic E-state index is -1.20. The van der Waals surface area contributed by atoms with Gasteiger partial charge in [0.15, 0.2) is 0 Å². The smallest absolute Gasteiger partial charge is 0.303 e. The first-order valence-electron chi connectivity index (χ1n) is 6.81. The van der Waals surface area contributed by atoms with Gasteiger partial charge in [-0.05, 0) is 12.8 Å². The average molecular weight is 298 g/mol. The number of esters is 2. The molecule has 0 aromatic carbocycles. The van der Waals surface area contributed by atoms with Crippen molar-refractivity contribution in [1.29, 1.82) is 0 Å². The van der Waals surface area contributed by atoms with Crippen LogP contribution in [0.3, 0.4) is 0 Å². The molecule has 0 aromatic rings. The highest BCUT2D eigenvalue weighted by atomic mass is 16.7. The summed E-state index contributed by atoms with van der Waals surface area (Å²) in [6, 6.07) is 0. The van der Waals surface area contributed by atoms with Crippen LogP contribution < -0.4 is 0 Å². The molecule has 2 rings (SSSR count). The van der Waals surface area contributed by atoms with Gasteiger partial charge in [-0.15, -0.1) is 0 Å². The van der Waals surface area contributed by atoms with E-state index in [0.29, 0.717) is 19.3 Å². The Balaban J connectivity index is 2.36. The predicted octanol–water partition coefficient (Wildman–Crippen LogP) is 0.860. The number of carbonyl (C=O) groups is 3. The van der Waals surface area contributed by atoms with E-state index < -0.39 is 29.9 Å². The lowest BCUT2D eigenvalue weighted by Crippen LogP contribution is -2.50. The molecule has 2 heterocycles. The number of allylic oxidation sites excluding steroid dienone is 1. The summed E-state index contributed by atoms with van der Waals surface area (Å²) in [7, 11) is 0. The Labute approximate surface area is 122 Å². The third kappa shape index (κ3) is 3.24. The fourth-order valence-corrected chi connectivity index (χ4v) is 2.62. The van der Waals surface area contributed by atoms with Gasteiger partial charge in [0.1, 0.15) is 12.0 Å². The van der Waals surface area contributed by atoms with Crippen molar-refractivity contribution in [3.05, 3.63) is 11.8 Å². The summed E-state index contributed by atoms with van der Waals surface area (Å²) in [5, 5.41) is 0. The SMILES string of the molecule is CC(=O)O[C@@H]1[C@@H](OC(C)=O)/C(=C\C=O)O[C@@]12CCCCO2. The van der Waals surface area contributed by atoms with Gasteiger partial charge in [0.05, 0.1) is 6.61 Å². The quantitative estimate of drug-likeness (QED) is 0.434. The highest BCUT2D eigenvalue weighted by Gasteiger charge is 2.59. The summed E-state index contributed by atoms with van der Waals surface area (Å²) in [6.45, 7) is 2.93. The Hall–Kier alpha value is -1.89. The molecule has 1 spiro atoms.